The van der Waals surface area contributed by atoms with Crippen molar-refractivity contribution in [2.75, 3.05) is 14.2 Å². The standard InChI is InChI=1S/C21H28O7/c1-19(2)27-14-11-13(18(24)26-6)20(3)8-7-12(17(23)25-5)21(4,9-10-22)16(20)15(14)28-19/h7,10-11,14-16H,8-9H2,1-6H3/t14-,15+,16-,20-,21-/m0/s1. The first-order chi connectivity index (χ1) is 13.0. The third-order valence-corrected chi connectivity index (χ3v) is 6.47. The van der Waals surface area contributed by atoms with Crippen LogP contribution in [-0.4, -0.2) is 50.4 Å². The third kappa shape index (κ3) is 2.92. The van der Waals surface area contributed by atoms with Crippen LogP contribution in [0.15, 0.2) is 23.3 Å². The lowest BCUT2D eigenvalue weighted by Crippen LogP contribution is -2.57. The maximum atomic E-state index is 12.6. The molecule has 1 aliphatic heterocycles. The number of ether oxygens (including phenoxy) is 4. The van der Waals surface area contributed by atoms with Crippen LogP contribution in [0.1, 0.15) is 40.5 Å². The molecule has 7 heteroatoms. The van der Waals surface area contributed by atoms with Crippen LogP contribution in [0.3, 0.4) is 0 Å². The highest BCUT2D eigenvalue weighted by atomic mass is 16.8. The topological polar surface area (TPSA) is 88.1 Å². The highest BCUT2D eigenvalue weighted by Gasteiger charge is 2.64. The summed E-state index contributed by atoms with van der Waals surface area (Å²) >= 11 is 0. The number of carbonyl (C=O) groups excluding carboxylic acids is 3. The number of hydrogen-bond donors (Lipinski definition) is 0. The summed E-state index contributed by atoms with van der Waals surface area (Å²) in [6, 6.07) is 0. The van der Waals surface area contributed by atoms with Crippen molar-refractivity contribution in [3.63, 3.8) is 0 Å². The Morgan fingerprint density at radius 1 is 1.11 bits per heavy atom. The minimum atomic E-state index is -0.887. The lowest BCUT2D eigenvalue weighted by atomic mass is 9.48. The smallest absolute Gasteiger partial charge is 0.334 e. The average Bonchev–Trinajstić information content (AvgIpc) is 2.93. The quantitative estimate of drug-likeness (QED) is 0.536. The molecule has 0 spiro atoms. The molecule has 0 aromatic carbocycles. The van der Waals surface area contributed by atoms with Crippen LogP contribution in [-0.2, 0) is 33.3 Å². The van der Waals surface area contributed by atoms with Gasteiger partial charge < -0.3 is 23.7 Å². The predicted molar refractivity (Wildman–Crippen MR) is 99.0 cm³/mol. The number of hydrogen-bond acceptors (Lipinski definition) is 7. The van der Waals surface area contributed by atoms with E-state index >= 15 is 0 Å². The number of carbonyl (C=O) groups is 3. The summed E-state index contributed by atoms with van der Waals surface area (Å²) in [6.07, 6.45) is 3.97. The second kappa shape index (κ2) is 6.81. The van der Waals surface area contributed by atoms with Gasteiger partial charge in [0.2, 0.25) is 0 Å². The van der Waals surface area contributed by atoms with E-state index in [4.69, 9.17) is 18.9 Å². The van der Waals surface area contributed by atoms with Crippen LogP contribution >= 0.6 is 0 Å². The molecule has 0 unspecified atom stereocenters. The number of aldehydes is 1. The third-order valence-electron chi connectivity index (χ3n) is 6.47. The van der Waals surface area contributed by atoms with Gasteiger partial charge in [-0.05, 0) is 26.3 Å². The van der Waals surface area contributed by atoms with E-state index < -0.39 is 40.8 Å². The van der Waals surface area contributed by atoms with Crippen LogP contribution in [0.25, 0.3) is 0 Å². The summed E-state index contributed by atoms with van der Waals surface area (Å²) < 4.78 is 22.3. The van der Waals surface area contributed by atoms with Crippen molar-refractivity contribution in [1.82, 2.24) is 0 Å². The second-order valence-electron chi connectivity index (χ2n) is 8.63. The minimum Gasteiger partial charge on any atom is -0.466 e. The second-order valence-corrected chi connectivity index (χ2v) is 8.63. The molecule has 7 nitrogen and oxygen atoms in total. The van der Waals surface area contributed by atoms with Crippen LogP contribution in [0, 0.1) is 16.7 Å². The van der Waals surface area contributed by atoms with Gasteiger partial charge in [-0.2, -0.15) is 0 Å². The molecule has 3 aliphatic rings. The van der Waals surface area contributed by atoms with Gasteiger partial charge in [0.05, 0.1) is 20.3 Å². The fourth-order valence-corrected chi connectivity index (χ4v) is 5.35. The highest BCUT2D eigenvalue weighted by Crippen LogP contribution is 2.62. The molecule has 0 radical (unpaired) electrons. The van der Waals surface area contributed by atoms with E-state index in [0.717, 1.165) is 6.29 Å². The number of fused-ring (bicyclic) bond motifs is 3. The van der Waals surface area contributed by atoms with Crippen molar-refractivity contribution in [3.8, 4) is 0 Å². The van der Waals surface area contributed by atoms with Gasteiger partial charge in [0, 0.05) is 34.3 Å². The van der Waals surface area contributed by atoms with Gasteiger partial charge in [-0.3, -0.25) is 0 Å². The molecule has 0 amide bonds. The predicted octanol–water partition coefficient (Wildman–Crippen LogP) is 2.34. The summed E-state index contributed by atoms with van der Waals surface area (Å²) in [5.41, 5.74) is -0.655. The van der Waals surface area contributed by atoms with Gasteiger partial charge >= 0.3 is 11.9 Å². The van der Waals surface area contributed by atoms with Crippen LogP contribution in [0.5, 0.6) is 0 Å². The van der Waals surface area contributed by atoms with Crippen molar-refractivity contribution < 1.29 is 33.3 Å². The van der Waals surface area contributed by atoms with Crippen molar-refractivity contribution in [2.24, 2.45) is 16.7 Å². The molecule has 28 heavy (non-hydrogen) atoms. The zero-order chi connectivity index (χ0) is 20.9. The van der Waals surface area contributed by atoms with Crippen molar-refractivity contribution in [1.29, 1.82) is 0 Å². The summed E-state index contributed by atoms with van der Waals surface area (Å²) in [5, 5.41) is 0. The van der Waals surface area contributed by atoms with Gasteiger partial charge in [-0.15, -0.1) is 0 Å². The molecule has 2 aliphatic carbocycles. The molecular formula is C21H28O7. The van der Waals surface area contributed by atoms with Gasteiger partial charge in [0.1, 0.15) is 12.4 Å². The summed E-state index contributed by atoms with van der Waals surface area (Å²) in [6.45, 7) is 7.44. The number of esters is 2. The summed E-state index contributed by atoms with van der Waals surface area (Å²) in [7, 11) is 2.66. The van der Waals surface area contributed by atoms with Gasteiger partial charge in [0.25, 0.3) is 0 Å². The number of allylic oxidation sites excluding steroid dienone is 1. The molecule has 1 saturated heterocycles. The Morgan fingerprint density at radius 3 is 2.29 bits per heavy atom. The zero-order valence-corrected chi connectivity index (χ0v) is 17.2. The number of rotatable bonds is 4. The maximum absolute atomic E-state index is 12.6. The van der Waals surface area contributed by atoms with Gasteiger partial charge in [-0.1, -0.05) is 19.9 Å². The maximum Gasteiger partial charge on any atom is 0.334 e. The Hall–Kier alpha value is -1.99. The van der Waals surface area contributed by atoms with Crippen molar-refractivity contribution in [3.05, 3.63) is 23.3 Å². The van der Waals surface area contributed by atoms with Crippen LogP contribution in [0.2, 0.25) is 0 Å². The molecule has 1 fully saturated rings. The van der Waals surface area contributed by atoms with E-state index in [1.54, 1.807) is 12.2 Å². The summed E-state index contributed by atoms with van der Waals surface area (Å²) in [5.74, 6) is -2.14. The lowest BCUT2D eigenvalue weighted by Gasteiger charge is -2.55. The molecule has 0 N–H and O–H groups in total. The van der Waals surface area contributed by atoms with Crippen molar-refractivity contribution >= 4 is 18.2 Å². The SMILES string of the molecule is COC(=O)C1=CC[C@@]2(C)C(C(=O)OC)=C[C@@H]3OC(C)(C)O[C@H]3[C@@H]2[C@@]1(C)CC=O. The fraction of sp³-hybridized carbons (Fsp3) is 0.667. The largest absolute Gasteiger partial charge is 0.466 e. The Labute approximate surface area is 165 Å². The van der Waals surface area contributed by atoms with Crippen molar-refractivity contribution in [2.45, 2.75) is 58.5 Å². The molecule has 0 aromatic rings. The first kappa shape index (κ1) is 20.7. The molecule has 3 rings (SSSR count). The Bertz CT molecular complexity index is 765. The zero-order valence-electron chi connectivity index (χ0n) is 17.2. The first-order valence-corrected chi connectivity index (χ1v) is 9.43. The van der Waals surface area contributed by atoms with E-state index in [2.05, 4.69) is 0 Å². The molecule has 154 valence electrons. The molecule has 0 aromatic heterocycles. The molecule has 5 atom stereocenters. The molecular weight excluding hydrogens is 364 g/mol. The normalized spacial score (nSPS) is 38.4. The molecule has 0 saturated carbocycles. The average molecular weight is 392 g/mol. The van der Waals surface area contributed by atoms with E-state index in [-0.39, 0.29) is 12.3 Å². The summed E-state index contributed by atoms with van der Waals surface area (Å²) in [4.78, 5) is 36.8. The fourth-order valence-electron chi connectivity index (χ4n) is 5.35. The molecule has 1 heterocycles. The van der Waals surface area contributed by atoms with E-state index in [1.165, 1.54) is 14.2 Å². The first-order valence-electron chi connectivity index (χ1n) is 9.43. The number of methoxy groups -OCH3 is 2. The Kier molecular flexibility index (Phi) is 5.04. The van der Waals surface area contributed by atoms with E-state index in [9.17, 15) is 14.4 Å². The Balaban J connectivity index is 2.24. The molecule has 0 bridgehead atoms. The van der Waals surface area contributed by atoms with Gasteiger partial charge in [0.15, 0.2) is 5.79 Å². The lowest BCUT2D eigenvalue weighted by molar-refractivity contribution is -0.161. The highest BCUT2D eigenvalue weighted by molar-refractivity contribution is 5.93. The minimum absolute atomic E-state index is 0.0929. The van der Waals surface area contributed by atoms with Crippen LogP contribution < -0.4 is 0 Å². The van der Waals surface area contributed by atoms with Crippen LogP contribution in [0.4, 0.5) is 0 Å². The van der Waals surface area contributed by atoms with E-state index in [0.29, 0.717) is 17.6 Å². The van der Waals surface area contributed by atoms with E-state index in [1.807, 2.05) is 27.7 Å². The monoisotopic (exact) mass is 392 g/mol. The van der Waals surface area contributed by atoms with Gasteiger partial charge in [-0.25, -0.2) is 9.59 Å². The Morgan fingerprint density at radius 2 is 1.71 bits per heavy atom.